The Morgan fingerprint density at radius 3 is 3.00 bits per heavy atom. The Labute approximate surface area is 133 Å². The fraction of sp³-hybridized carbons (Fsp3) is 0.294. The number of nitrogens with one attached hydrogen (secondary N) is 2. The predicted octanol–water partition coefficient (Wildman–Crippen LogP) is 3.48. The lowest BCUT2D eigenvalue weighted by Gasteiger charge is -2.15. The molecule has 2 N–H and O–H groups in total. The number of fused-ring (bicyclic) bond motifs is 1. The number of amides is 1. The number of oxime groups is 1. The number of benzene rings is 1. The van der Waals surface area contributed by atoms with Crippen LogP contribution in [0, 0.1) is 5.82 Å². The Balaban J connectivity index is 1.91. The lowest BCUT2D eigenvalue weighted by atomic mass is 9.93. The summed E-state index contributed by atoms with van der Waals surface area (Å²) < 4.78 is 13.7. The fourth-order valence-electron chi connectivity index (χ4n) is 2.72. The molecule has 23 heavy (non-hydrogen) atoms. The van der Waals surface area contributed by atoms with E-state index in [9.17, 15) is 9.18 Å². The lowest BCUT2D eigenvalue weighted by molar-refractivity contribution is 0.102. The number of nitrogens with zero attached hydrogens (tertiary/aromatic N) is 1. The predicted molar refractivity (Wildman–Crippen MR) is 86.2 cm³/mol. The smallest absolute Gasteiger partial charge is 0.257 e. The maximum Gasteiger partial charge on any atom is 0.257 e. The molecular weight excluding hydrogens is 297 g/mol. The van der Waals surface area contributed by atoms with Crippen LogP contribution in [0.5, 0.6) is 0 Å². The highest BCUT2D eigenvalue weighted by Crippen LogP contribution is 2.26. The van der Waals surface area contributed by atoms with Crippen molar-refractivity contribution in [2.45, 2.75) is 26.2 Å². The van der Waals surface area contributed by atoms with E-state index in [4.69, 9.17) is 4.84 Å². The maximum atomic E-state index is 13.7. The molecule has 6 heteroatoms. The van der Waals surface area contributed by atoms with E-state index < -0.39 is 5.82 Å². The van der Waals surface area contributed by atoms with Crippen LogP contribution in [0.4, 0.5) is 10.1 Å². The second-order valence-corrected chi connectivity index (χ2v) is 5.30. The molecule has 0 fully saturated rings. The second kappa shape index (κ2) is 6.64. The zero-order chi connectivity index (χ0) is 16.2. The summed E-state index contributed by atoms with van der Waals surface area (Å²) >= 11 is 0. The van der Waals surface area contributed by atoms with Gasteiger partial charge in [0, 0.05) is 17.5 Å². The number of carbonyl (C=O) groups excluding carboxylic acids is 1. The van der Waals surface area contributed by atoms with Crippen LogP contribution in [0.25, 0.3) is 0 Å². The van der Waals surface area contributed by atoms with Crippen LogP contribution in [0.2, 0.25) is 0 Å². The average molecular weight is 315 g/mol. The summed E-state index contributed by atoms with van der Waals surface area (Å²) in [7, 11) is 0. The van der Waals surface area contributed by atoms with E-state index in [2.05, 4.69) is 15.5 Å². The Kier molecular flexibility index (Phi) is 4.41. The van der Waals surface area contributed by atoms with Crippen molar-refractivity contribution in [1.82, 2.24) is 4.98 Å². The number of anilines is 1. The molecule has 0 saturated carbocycles. The van der Waals surface area contributed by atoms with Crippen LogP contribution in [0.3, 0.4) is 0 Å². The first-order chi connectivity index (χ1) is 11.2. The van der Waals surface area contributed by atoms with Crippen LogP contribution < -0.4 is 5.32 Å². The molecule has 1 aliphatic carbocycles. The van der Waals surface area contributed by atoms with Gasteiger partial charge in [0.25, 0.3) is 5.91 Å². The zero-order valence-electron chi connectivity index (χ0n) is 12.9. The second-order valence-electron chi connectivity index (χ2n) is 5.30. The van der Waals surface area contributed by atoms with Gasteiger partial charge >= 0.3 is 0 Å². The largest absolute Gasteiger partial charge is 0.396 e. The van der Waals surface area contributed by atoms with Crippen molar-refractivity contribution in [2.24, 2.45) is 5.16 Å². The quantitative estimate of drug-likeness (QED) is 0.848. The molecule has 0 radical (unpaired) electrons. The molecule has 1 heterocycles. The Morgan fingerprint density at radius 2 is 2.22 bits per heavy atom. The highest BCUT2D eigenvalue weighted by molar-refractivity contribution is 6.15. The number of carbonyl (C=O) groups is 1. The van der Waals surface area contributed by atoms with E-state index in [-0.39, 0.29) is 11.6 Å². The van der Waals surface area contributed by atoms with E-state index in [1.807, 2.05) is 6.92 Å². The van der Waals surface area contributed by atoms with E-state index in [1.165, 1.54) is 12.1 Å². The molecule has 1 aromatic carbocycles. The number of para-hydroxylation sites is 1. The average Bonchev–Trinajstić information content (AvgIpc) is 3.00. The van der Waals surface area contributed by atoms with Crippen LogP contribution in [0.1, 0.15) is 41.4 Å². The number of rotatable bonds is 4. The number of H-pyrrole nitrogens is 1. The Morgan fingerprint density at radius 1 is 1.39 bits per heavy atom. The van der Waals surface area contributed by atoms with Crippen molar-refractivity contribution < 1.29 is 14.0 Å². The fourth-order valence-corrected chi connectivity index (χ4v) is 2.72. The normalized spacial score (nSPS) is 15.3. The molecule has 2 aromatic rings. The number of hydrogen-bond acceptors (Lipinski definition) is 3. The van der Waals surface area contributed by atoms with Crippen LogP contribution in [-0.2, 0) is 11.3 Å². The third kappa shape index (κ3) is 3.11. The molecule has 0 bridgehead atoms. The third-order valence-electron chi connectivity index (χ3n) is 3.76. The highest BCUT2D eigenvalue weighted by atomic mass is 19.1. The van der Waals surface area contributed by atoms with Gasteiger partial charge in [0.05, 0.1) is 17.0 Å². The molecule has 0 atom stereocenters. The first kappa shape index (κ1) is 15.3. The monoisotopic (exact) mass is 315 g/mol. The molecule has 0 aliphatic heterocycles. The van der Waals surface area contributed by atoms with E-state index in [1.54, 1.807) is 18.3 Å². The summed E-state index contributed by atoms with van der Waals surface area (Å²) in [5, 5.41) is 6.74. The van der Waals surface area contributed by atoms with Crippen LogP contribution in [-0.4, -0.2) is 23.2 Å². The molecule has 0 unspecified atom stereocenters. The van der Waals surface area contributed by atoms with Gasteiger partial charge in [0.15, 0.2) is 0 Å². The zero-order valence-corrected chi connectivity index (χ0v) is 12.9. The van der Waals surface area contributed by atoms with Crippen molar-refractivity contribution in [1.29, 1.82) is 0 Å². The van der Waals surface area contributed by atoms with Gasteiger partial charge in [0.2, 0.25) is 0 Å². The van der Waals surface area contributed by atoms with Gasteiger partial charge in [-0.15, -0.1) is 0 Å². The van der Waals surface area contributed by atoms with Crippen molar-refractivity contribution in [3.8, 4) is 0 Å². The number of aromatic nitrogens is 1. The standard InChI is InChI=1S/C17H18FN3O2/c1-2-23-21-15-9-5-8-14-16(15)11(10-19-14)17(22)20-13-7-4-3-6-12(13)18/h3-4,6-7,10,19H,2,5,8-9H2,1H3,(H,20,22)/b21-15+. The summed E-state index contributed by atoms with van der Waals surface area (Å²) in [5.74, 6) is -0.827. The van der Waals surface area contributed by atoms with Gasteiger partial charge in [-0.1, -0.05) is 17.3 Å². The highest BCUT2D eigenvalue weighted by Gasteiger charge is 2.25. The van der Waals surface area contributed by atoms with Gasteiger partial charge in [0.1, 0.15) is 12.4 Å². The molecule has 1 amide bonds. The summed E-state index contributed by atoms with van der Waals surface area (Å²) in [4.78, 5) is 20.8. The molecular formula is C17H18FN3O2. The van der Waals surface area contributed by atoms with Crippen molar-refractivity contribution in [2.75, 3.05) is 11.9 Å². The van der Waals surface area contributed by atoms with Gasteiger partial charge in [-0.2, -0.15) is 0 Å². The van der Waals surface area contributed by atoms with Gasteiger partial charge in [-0.25, -0.2) is 4.39 Å². The van der Waals surface area contributed by atoms with Gasteiger partial charge in [-0.3, -0.25) is 4.79 Å². The lowest BCUT2D eigenvalue weighted by Crippen LogP contribution is -2.19. The SMILES string of the molecule is CCO/N=C1\CCCc2[nH]cc(C(=O)Nc3ccccc3F)c21. The van der Waals surface area contributed by atoms with Crippen molar-refractivity contribution >= 4 is 17.3 Å². The molecule has 5 nitrogen and oxygen atoms in total. The molecule has 1 aliphatic rings. The van der Waals surface area contributed by atoms with Gasteiger partial charge < -0.3 is 15.1 Å². The Bertz CT molecular complexity index is 752. The number of hydrogen-bond donors (Lipinski definition) is 2. The summed E-state index contributed by atoms with van der Waals surface area (Å²) in [6, 6.07) is 6.09. The third-order valence-corrected chi connectivity index (χ3v) is 3.76. The molecule has 3 rings (SSSR count). The van der Waals surface area contributed by atoms with Crippen LogP contribution >= 0.6 is 0 Å². The minimum Gasteiger partial charge on any atom is -0.396 e. The van der Waals surface area contributed by atoms with E-state index in [0.29, 0.717) is 12.2 Å². The maximum absolute atomic E-state index is 13.7. The first-order valence-corrected chi connectivity index (χ1v) is 7.66. The van der Waals surface area contributed by atoms with Gasteiger partial charge in [-0.05, 0) is 38.3 Å². The van der Waals surface area contributed by atoms with E-state index >= 15 is 0 Å². The number of halogens is 1. The van der Waals surface area contributed by atoms with Crippen molar-refractivity contribution in [3.05, 3.63) is 53.1 Å². The molecule has 120 valence electrons. The number of aromatic amines is 1. The van der Waals surface area contributed by atoms with Crippen LogP contribution in [0.15, 0.2) is 35.6 Å². The van der Waals surface area contributed by atoms with E-state index in [0.717, 1.165) is 36.2 Å². The summed E-state index contributed by atoms with van der Waals surface area (Å²) in [5.41, 5.74) is 3.12. The summed E-state index contributed by atoms with van der Waals surface area (Å²) in [6.45, 7) is 2.33. The molecule has 0 spiro atoms. The summed E-state index contributed by atoms with van der Waals surface area (Å²) in [6.07, 6.45) is 4.21. The molecule has 1 aromatic heterocycles. The topological polar surface area (TPSA) is 66.5 Å². The minimum absolute atomic E-state index is 0.159. The van der Waals surface area contributed by atoms with Crippen molar-refractivity contribution in [3.63, 3.8) is 0 Å². The minimum atomic E-state index is -0.464. The number of aryl methyl sites for hydroxylation is 1. The first-order valence-electron chi connectivity index (χ1n) is 7.66. The molecule has 0 saturated heterocycles. The Hall–Kier alpha value is -2.63.